The van der Waals surface area contributed by atoms with Gasteiger partial charge in [-0.05, 0) is 66.8 Å². The number of aryl methyl sites for hydroxylation is 1. The van der Waals surface area contributed by atoms with Crippen LogP contribution in [0.4, 0.5) is 18.9 Å². The number of alkyl halides is 3. The van der Waals surface area contributed by atoms with Crippen LogP contribution in [0, 0.1) is 0 Å². The molecular formula is C23H27F3N2O4S. The molecule has 0 radical (unpaired) electrons. The minimum absolute atomic E-state index is 0.166. The van der Waals surface area contributed by atoms with E-state index >= 15 is 0 Å². The van der Waals surface area contributed by atoms with E-state index in [1.54, 1.807) is 30.1 Å². The SMILES string of the molecule is CCCN(CCN(C)c1ccc(OC(F)(F)F)cc1)S(=O)(=O)c1ccc2c(c1)C(C=O)CC2. The summed E-state index contributed by atoms with van der Waals surface area (Å²) in [7, 11) is -2.04. The number of benzene rings is 2. The molecule has 0 fully saturated rings. The maximum Gasteiger partial charge on any atom is 0.573 e. The van der Waals surface area contributed by atoms with Crippen molar-refractivity contribution in [1.82, 2.24) is 4.31 Å². The zero-order valence-electron chi connectivity index (χ0n) is 18.5. The number of nitrogens with zero attached hydrogens (tertiary/aromatic N) is 2. The van der Waals surface area contributed by atoms with E-state index in [-0.39, 0.29) is 23.1 Å². The fourth-order valence-electron chi connectivity index (χ4n) is 3.96. The first-order valence-electron chi connectivity index (χ1n) is 10.7. The van der Waals surface area contributed by atoms with Gasteiger partial charge in [-0.1, -0.05) is 13.0 Å². The Morgan fingerprint density at radius 1 is 1.09 bits per heavy atom. The van der Waals surface area contributed by atoms with Crippen LogP contribution in [-0.4, -0.2) is 52.1 Å². The number of hydrogen-bond acceptors (Lipinski definition) is 5. The third kappa shape index (κ3) is 6.05. The topological polar surface area (TPSA) is 66.9 Å². The zero-order chi connectivity index (χ0) is 24.2. The number of carbonyl (C=O) groups is 1. The van der Waals surface area contributed by atoms with Gasteiger partial charge in [-0.25, -0.2) is 8.42 Å². The highest BCUT2D eigenvalue weighted by Gasteiger charge is 2.31. The van der Waals surface area contributed by atoms with Gasteiger partial charge in [0.05, 0.1) is 4.90 Å². The van der Waals surface area contributed by atoms with Gasteiger partial charge in [0.25, 0.3) is 0 Å². The summed E-state index contributed by atoms with van der Waals surface area (Å²) in [5, 5.41) is 0. The summed E-state index contributed by atoms with van der Waals surface area (Å²) in [6.07, 6.45) is -1.82. The lowest BCUT2D eigenvalue weighted by Crippen LogP contribution is -2.38. The van der Waals surface area contributed by atoms with Gasteiger partial charge in [0.2, 0.25) is 10.0 Å². The van der Waals surface area contributed by atoms with Crippen LogP contribution < -0.4 is 9.64 Å². The largest absolute Gasteiger partial charge is 0.573 e. The van der Waals surface area contributed by atoms with Gasteiger partial charge in [-0.2, -0.15) is 4.31 Å². The molecule has 0 aliphatic heterocycles. The lowest BCUT2D eigenvalue weighted by molar-refractivity contribution is -0.274. The molecule has 1 atom stereocenters. The molecule has 10 heteroatoms. The number of likely N-dealkylation sites (N-methyl/N-ethyl adjacent to an activating group) is 1. The molecule has 180 valence electrons. The molecule has 2 aromatic carbocycles. The average molecular weight is 485 g/mol. The van der Waals surface area contributed by atoms with Gasteiger partial charge in [0.1, 0.15) is 12.0 Å². The third-order valence-corrected chi connectivity index (χ3v) is 7.61. The second-order valence-electron chi connectivity index (χ2n) is 8.01. The lowest BCUT2D eigenvalue weighted by atomic mass is 10.0. The summed E-state index contributed by atoms with van der Waals surface area (Å²) in [5.41, 5.74) is 2.41. The van der Waals surface area contributed by atoms with Crippen molar-refractivity contribution in [3.63, 3.8) is 0 Å². The predicted octanol–water partition coefficient (Wildman–Crippen LogP) is 4.35. The summed E-state index contributed by atoms with van der Waals surface area (Å²) in [4.78, 5) is 13.3. The number of hydrogen-bond donors (Lipinski definition) is 0. The molecular weight excluding hydrogens is 457 g/mol. The maximum absolute atomic E-state index is 13.3. The third-order valence-electron chi connectivity index (χ3n) is 5.71. The smallest absolute Gasteiger partial charge is 0.406 e. The molecule has 33 heavy (non-hydrogen) atoms. The standard InChI is InChI=1S/C23H27F3N2O4S/c1-3-12-28(14-13-27(2)19-7-9-20(10-8-19)32-23(24,25)26)33(30,31)21-11-6-17-4-5-18(16-29)22(17)15-21/h6-11,15-16,18H,3-5,12-14H2,1-2H3. The number of fused-ring (bicyclic) bond motifs is 1. The molecule has 0 heterocycles. The van der Waals surface area contributed by atoms with Crippen molar-refractivity contribution in [3.05, 3.63) is 53.6 Å². The number of halogens is 3. The Kier molecular flexibility index (Phi) is 7.69. The normalized spacial score (nSPS) is 16.0. The summed E-state index contributed by atoms with van der Waals surface area (Å²) >= 11 is 0. The lowest BCUT2D eigenvalue weighted by Gasteiger charge is -2.26. The fraction of sp³-hybridized carbons (Fsp3) is 0.435. The highest BCUT2D eigenvalue weighted by atomic mass is 32.2. The molecule has 0 N–H and O–H groups in total. The predicted molar refractivity (Wildman–Crippen MR) is 119 cm³/mol. The first kappa shape index (κ1) is 25.0. The fourth-order valence-corrected chi connectivity index (χ4v) is 5.52. The zero-order valence-corrected chi connectivity index (χ0v) is 19.3. The quantitative estimate of drug-likeness (QED) is 0.469. The van der Waals surface area contributed by atoms with Crippen LogP contribution in [0.25, 0.3) is 0 Å². The first-order valence-corrected chi connectivity index (χ1v) is 12.1. The van der Waals surface area contributed by atoms with E-state index in [2.05, 4.69) is 4.74 Å². The number of ether oxygens (including phenoxy) is 1. The van der Waals surface area contributed by atoms with Crippen molar-refractivity contribution in [2.45, 2.75) is 43.4 Å². The molecule has 0 saturated heterocycles. The molecule has 6 nitrogen and oxygen atoms in total. The minimum Gasteiger partial charge on any atom is -0.406 e. The van der Waals surface area contributed by atoms with Crippen molar-refractivity contribution in [2.24, 2.45) is 0 Å². The first-order chi connectivity index (χ1) is 15.5. The van der Waals surface area contributed by atoms with Crippen LogP contribution in [0.3, 0.4) is 0 Å². The van der Waals surface area contributed by atoms with Gasteiger partial charge in [-0.3, -0.25) is 0 Å². The molecule has 0 spiro atoms. The molecule has 0 aromatic heterocycles. The molecule has 0 bridgehead atoms. The molecule has 0 amide bonds. The van der Waals surface area contributed by atoms with Crippen molar-refractivity contribution in [2.75, 3.05) is 31.6 Å². The van der Waals surface area contributed by atoms with Gasteiger partial charge in [0, 0.05) is 38.3 Å². The molecule has 0 saturated carbocycles. The van der Waals surface area contributed by atoms with Crippen molar-refractivity contribution >= 4 is 22.0 Å². The van der Waals surface area contributed by atoms with E-state index < -0.39 is 16.4 Å². The minimum atomic E-state index is -4.76. The Labute approximate surface area is 192 Å². The number of aldehydes is 1. The number of sulfonamides is 1. The Bertz CT molecular complexity index is 1070. The van der Waals surface area contributed by atoms with Crippen LogP contribution in [0.15, 0.2) is 47.4 Å². The van der Waals surface area contributed by atoms with Crippen LogP contribution in [0.1, 0.15) is 36.8 Å². The molecule has 2 aromatic rings. The Morgan fingerprint density at radius 3 is 2.39 bits per heavy atom. The highest BCUT2D eigenvalue weighted by Crippen LogP contribution is 2.34. The number of rotatable bonds is 10. The Hall–Kier alpha value is -2.59. The van der Waals surface area contributed by atoms with Crippen LogP contribution in [-0.2, 0) is 21.2 Å². The summed E-state index contributed by atoms with van der Waals surface area (Å²) in [6.45, 7) is 2.74. The van der Waals surface area contributed by atoms with Crippen molar-refractivity contribution in [3.8, 4) is 5.75 Å². The molecule has 3 rings (SSSR count). The monoisotopic (exact) mass is 484 g/mol. The molecule has 1 aliphatic carbocycles. The van der Waals surface area contributed by atoms with Crippen LogP contribution >= 0.6 is 0 Å². The molecule has 1 unspecified atom stereocenters. The van der Waals surface area contributed by atoms with Gasteiger partial charge in [-0.15, -0.1) is 13.2 Å². The van der Waals surface area contributed by atoms with Gasteiger partial charge < -0.3 is 14.4 Å². The Morgan fingerprint density at radius 2 is 1.79 bits per heavy atom. The van der Waals surface area contributed by atoms with E-state index in [4.69, 9.17) is 0 Å². The Balaban J connectivity index is 1.72. The van der Waals surface area contributed by atoms with E-state index in [9.17, 15) is 26.4 Å². The summed E-state index contributed by atoms with van der Waals surface area (Å²) < 4.78 is 69.0. The van der Waals surface area contributed by atoms with Gasteiger partial charge >= 0.3 is 6.36 Å². The maximum atomic E-state index is 13.3. The van der Waals surface area contributed by atoms with Crippen molar-refractivity contribution < 1.29 is 31.1 Å². The van der Waals surface area contributed by atoms with E-state index in [1.807, 2.05) is 6.92 Å². The highest BCUT2D eigenvalue weighted by molar-refractivity contribution is 7.89. The molecule has 1 aliphatic rings. The summed E-state index contributed by atoms with van der Waals surface area (Å²) in [6, 6.07) is 10.4. The average Bonchev–Trinajstić information content (AvgIpc) is 3.18. The number of carbonyl (C=O) groups excluding carboxylic acids is 1. The number of anilines is 1. The van der Waals surface area contributed by atoms with Crippen molar-refractivity contribution in [1.29, 1.82) is 0 Å². The van der Waals surface area contributed by atoms with Crippen LogP contribution in [0.2, 0.25) is 0 Å². The second kappa shape index (κ2) is 10.1. The van der Waals surface area contributed by atoms with Crippen LogP contribution in [0.5, 0.6) is 5.75 Å². The van der Waals surface area contributed by atoms with E-state index in [0.29, 0.717) is 31.6 Å². The van der Waals surface area contributed by atoms with E-state index in [1.165, 1.54) is 28.6 Å². The summed E-state index contributed by atoms with van der Waals surface area (Å²) in [5.74, 6) is -0.592. The van der Waals surface area contributed by atoms with E-state index in [0.717, 1.165) is 23.8 Å². The van der Waals surface area contributed by atoms with Gasteiger partial charge in [0.15, 0.2) is 0 Å². The second-order valence-corrected chi connectivity index (χ2v) is 9.95.